The van der Waals surface area contributed by atoms with Crippen LogP contribution in [-0.2, 0) is 6.54 Å². The van der Waals surface area contributed by atoms with Crippen LogP contribution in [0.25, 0.3) is 0 Å². The van der Waals surface area contributed by atoms with Gasteiger partial charge in [0.2, 0.25) is 5.95 Å². The molecule has 4 rings (SSSR count). The van der Waals surface area contributed by atoms with E-state index in [0.29, 0.717) is 29.4 Å². The van der Waals surface area contributed by atoms with Gasteiger partial charge in [0.05, 0.1) is 5.69 Å². The van der Waals surface area contributed by atoms with E-state index in [9.17, 15) is 9.90 Å². The number of aromatic nitrogens is 4. The van der Waals surface area contributed by atoms with Gasteiger partial charge in [-0.3, -0.25) is 10.3 Å². The monoisotopic (exact) mass is 482 g/mol. The molecule has 180 valence electrons. The lowest BCUT2D eigenvalue weighted by Crippen LogP contribution is -2.42. The predicted molar refractivity (Wildman–Crippen MR) is 134 cm³/mol. The number of carboxylic acids is 1. The van der Waals surface area contributed by atoms with Gasteiger partial charge in [0.1, 0.15) is 16.5 Å². The molecule has 3 aromatic heterocycles. The summed E-state index contributed by atoms with van der Waals surface area (Å²) in [4.78, 5) is 36.3. The second-order valence-electron chi connectivity index (χ2n) is 8.67. The first kappa shape index (κ1) is 23.8. The Bertz CT molecular complexity index is 1130. The van der Waals surface area contributed by atoms with Gasteiger partial charge in [-0.05, 0) is 45.5 Å². The van der Waals surface area contributed by atoms with E-state index < -0.39 is 5.97 Å². The molecule has 2 N–H and O–H groups in total. The topological polar surface area (TPSA) is 111 Å². The molecule has 0 spiro atoms. The molecule has 0 unspecified atom stereocenters. The smallest absolute Gasteiger partial charge is 0.347 e. The van der Waals surface area contributed by atoms with E-state index in [1.54, 1.807) is 13.1 Å². The second-order valence-corrected chi connectivity index (χ2v) is 9.67. The largest absolute Gasteiger partial charge is 0.477 e. The Morgan fingerprint density at radius 3 is 2.62 bits per heavy atom. The maximum Gasteiger partial charge on any atom is 0.347 e. The first-order chi connectivity index (χ1) is 16.3. The molecule has 34 heavy (non-hydrogen) atoms. The molecular weight excluding hydrogens is 452 g/mol. The molecule has 1 saturated heterocycles. The van der Waals surface area contributed by atoms with Gasteiger partial charge >= 0.3 is 5.97 Å². The van der Waals surface area contributed by atoms with Crippen LogP contribution in [0.1, 0.15) is 33.8 Å². The third-order valence-corrected chi connectivity index (χ3v) is 7.02. The van der Waals surface area contributed by atoms with Crippen LogP contribution in [0.4, 0.5) is 22.7 Å². The fourth-order valence-electron chi connectivity index (χ4n) is 4.04. The van der Waals surface area contributed by atoms with Gasteiger partial charge < -0.3 is 19.8 Å². The molecular formula is C23H30N8O2S. The Morgan fingerprint density at radius 2 is 2.00 bits per heavy atom. The number of pyridine rings is 1. The molecule has 1 fully saturated rings. The highest BCUT2D eigenvalue weighted by molar-refractivity contribution is 7.17. The summed E-state index contributed by atoms with van der Waals surface area (Å²) in [5.41, 5.74) is 1.55. The zero-order valence-electron chi connectivity index (χ0n) is 19.9. The quantitative estimate of drug-likeness (QED) is 0.496. The Balaban J connectivity index is 1.62. The van der Waals surface area contributed by atoms with Crippen LogP contribution < -0.4 is 15.1 Å². The van der Waals surface area contributed by atoms with E-state index in [2.05, 4.69) is 44.1 Å². The van der Waals surface area contributed by atoms with E-state index in [0.717, 1.165) is 54.5 Å². The second kappa shape index (κ2) is 10.3. The lowest BCUT2D eigenvalue weighted by atomic mass is 10.0. The summed E-state index contributed by atoms with van der Waals surface area (Å²) in [6.07, 6.45) is 5.73. The van der Waals surface area contributed by atoms with E-state index in [1.807, 2.05) is 31.4 Å². The number of hydrogen-bond donors (Lipinski definition) is 2. The summed E-state index contributed by atoms with van der Waals surface area (Å²) >= 11 is 1.08. The molecule has 1 aliphatic heterocycles. The van der Waals surface area contributed by atoms with Crippen molar-refractivity contribution >= 4 is 40.0 Å². The summed E-state index contributed by atoms with van der Waals surface area (Å²) in [6, 6.07) is 6.52. The average Bonchev–Trinajstić information content (AvgIpc) is 3.19. The number of aryl methyl sites for hydroxylation is 1. The number of anilines is 4. The van der Waals surface area contributed by atoms with Crippen LogP contribution >= 0.6 is 11.3 Å². The highest BCUT2D eigenvalue weighted by Gasteiger charge is 2.23. The number of hydrogen-bond acceptors (Lipinski definition) is 10. The van der Waals surface area contributed by atoms with Gasteiger partial charge in [0, 0.05) is 51.2 Å². The summed E-state index contributed by atoms with van der Waals surface area (Å²) in [7, 11) is 6.23. The number of carbonyl (C=O) groups is 1. The molecule has 0 bridgehead atoms. The summed E-state index contributed by atoms with van der Waals surface area (Å²) in [5, 5.41) is 13.0. The highest BCUT2D eigenvalue weighted by atomic mass is 32.1. The SMILES string of the molecule is Cc1nc(Nc2nc(N(C)Cc3cccnc3)cc(N3CCC(N(C)C)CC3)n2)sc1C(=O)O. The van der Waals surface area contributed by atoms with Crippen molar-refractivity contribution in [3.05, 3.63) is 46.7 Å². The minimum atomic E-state index is -0.988. The standard InChI is InChI=1S/C23H30N8O2S/c1-15-20(21(32)33)34-23(25-15)28-22-26-18(30(4)14-16-6-5-9-24-13-16)12-19(27-22)31-10-7-17(8-11-31)29(2)3/h5-6,9,12-13,17H,7-8,10-11,14H2,1-4H3,(H,32,33)(H,25,26,27,28). The normalized spacial score (nSPS) is 14.4. The number of nitrogens with zero attached hydrogens (tertiary/aromatic N) is 7. The molecule has 0 aliphatic carbocycles. The molecule has 4 heterocycles. The summed E-state index contributed by atoms with van der Waals surface area (Å²) in [6.45, 7) is 4.14. The van der Waals surface area contributed by atoms with Crippen molar-refractivity contribution in [3.8, 4) is 0 Å². The van der Waals surface area contributed by atoms with Crippen molar-refractivity contribution in [1.29, 1.82) is 0 Å². The Hall–Kier alpha value is -3.31. The van der Waals surface area contributed by atoms with Gasteiger partial charge in [-0.15, -0.1) is 0 Å². The van der Waals surface area contributed by atoms with Crippen LogP contribution in [0.3, 0.4) is 0 Å². The van der Waals surface area contributed by atoms with E-state index >= 15 is 0 Å². The molecule has 0 aromatic carbocycles. The van der Waals surface area contributed by atoms with E-state index in [4.69, 9.17) is 9.97 Å². The maximum absolute atomic E-state index is 11.4. The lowest BCUT2D eigenvalue weighted by Gasteiger charge is -2.36. The van der Waals surface area contributed by atoms with Gasteiger partial charge in [-0.1, -0.05) is 17.4 Å². The first-order valence-corrected chi connectivity index (χ1v) is 12.0. The van der Waals surface area contributed by atoms with Gasteiger partial charge in [0.25, 0.3) is 0 Å². The van der Waals surface area contributed by atoms with Crippen LogP contribution in [-0.4, -0.2) is 76.2 Å². The zero-order valence-corrected chi connectivity index (χ0v) is 20.7. The van der Waals surface area contributed by atoms with Crippen molar-refractivity contribution in [2.24, 2.45) is 0 Å². The minimum absolute atomic E-state index is 0.207. The zero-order chi connectivity index (χ0) is 24.2. The molecule has 0 saturated carbocycles. The Labute approximate surface area is 203 Å². The number of thiazole rings is 1. The Morgan fingerprint density at radius 1 is 1.24 bits per heavy atom. The fourth-order valence-corrected chi connectivity index (χ4v) is 4.84. The van der Waals surface area contributed by atoms with E-state index in [1.165, 1.54) is 0 Å². The molecule has 10 nitrogen and oxygen atoms in total. The molecule has 1 aliphatic rings. The third-order valence-electron chi connectivity index (χ3n) is 5.96. The number of rotatable bonds is 8. The maximum atomic E-state index is 11.4. The number of piperidine rings is 1. The van der Waals surface area contributed by atoms with Crippen molar-refractivity contribution in [3.63, 3.8) is 0 Å². The van der Waals surface area contributed by atoms with Crippen LogP contribution in [0.2, 0.25) is 0 Å². The molecule has 0 radical (unpaired) electrons. The first-order valence-electron chi connectivity index (χ1n) is 11.2. The number of nitrogens with one attached hydrogen (secondary N) is 1. The van der Waals surface area contributed by atoms with Crippen molar-refractivity contribution in [2.45, 2.75) is 32.4 Å². The van der Waals surface area contributed by atoms with Crippen LogP contribution in [0.5, 0.6) is 0 Å². The van der Waals surface area contributed by atoms with Gasteiger partial charge in [0.15, 0.2) is 5.13 Å². The van der Waals surface area contributed by atoms with Crippen molar-refractivity contribution in [1.82, 2.24) is 24.8 Å². The number of carboxylic acid groups (broad SMARTS) is 1. The molecule has 3 aromatic rings. The third kappa shape index (κ3) is 5.60. The number of aromatic carboxylic acids is 1. The molecule has 0 amide bonds. The van der Waals surface area contributed by atoms with Gasteiger partial charge in [-0.25, -0.2) is 9.78 Å². The van der Waals surface area contributed by atoms with E-state index in [-0.39, 0.29) is 4.88 Å². The highest BCUT2D eigenvalue weighted by Crippen LogP contribution is 2.29. The molecule has 0 atom stereocenters. The average molecular weight is 483 g/mol. The lowest BCUT2D eigenvalue weighted by molar-refractivity contribution is 0.0701. The van der Waals surface area contributed by atoms with Gasteiger partial charge in [-0.2, -0.15) is 9.97 Å². The van der Waals surface area contributed by atoms with Crippen molar-refractivity contribution in [2.75, 3.05) is 49.3 Å². The minimum Gasteiger partial charge on any atom is -0.477 e. The van der Waals surface area contributed by atoms with Crippen LogP contribution in [0.15, 0.2) is 30.6 Å². The molecule has 11 heteroatoms. The predicted octanol–water partition coefficient (Wildman–Crippen LogP) is 3.25. The Kier molecular flexibility index (Phi) is 7.23. The van der Waals surface area contributed by atoms with Crippen molar-refractivity contribution < 1.29 is 9.90 Å². The summed E-state index contributed by atoms with van der Waals surface area (Å²) in [5.74, 6) is 1.01. The van der Waals surface area contributed by atoms with Crippen LogP contribution in [0, 0.1) is 6.92 Å². The summed E-state index contributed by atoms with van der Waals surface area (Å²) < 4.78 is 0. The fraction of sp³-hybridized carbons (Fsp3) is 0.435.